The van der Waals surface area contributed by atoms with E-state index in [4.69, 9.17) is 0 Å². The Labute approximate surface area is 130 Å². The number of hydrogen-bond donors (Lipinski definition) is 2. The van der Waals surface area contributed by atoms with E-state index in [1.165, 1.54) is 30.3 Å². The molecule has 0 fully saturated rings. The van der Waals surface area contributed by atoms with Crippen LogP contribution in [0.5, 0.6) is 0 Å². The van der Waals surface area contributed by atoms with Crippen molar-refractivity contribution in [2.24, 2.45) is 0 Å². The van der Waals surface area contributed by atoms with Gasteiger partial charge in [-0.1, -0.05) is 30.3 Å². The fraction of sp³-hybridized carbons (Fsp3) is 0.188. The number of hydrogen-bond acceptors (Lipinski definition) is 1. The Morgan fingerprint density at radius 3 is 2.35 bits per heavy atom. The molecule has 0 saturated carbocycles. The molecule has 0 bridgehead atoms. The fourth-order valence-corrected chi connectivity index (χ4v) is 1.92. The van der Waals surface area contributed by atoms with Crippen molar-refractivity contribution in [2.75, 3.05) is 0 Å². The smallest absolute Gasteiger partial charge is 0.334 e. The first-order chi connectivity index (χ1) is 10.9. The van der Waals surface area contributed by atoms with Gasteiger partial charge in [-0.25, -0.2) is 9.18 Å². The normalized spacial score (nSPS) is 11.1. The molecule has 0 heterocycles. The van der Waals surface area contributed by atoms with Crippen molar-refractivity contribution in [1.29, 1.82) is 0 Å². The molecule has 2 amide bonds. The van der Waals surface area contributed by atoms with Gasteiger partial charge in [0.2, 0.25) is 0 Å². The standard InChI is InChI=1S/C16H14F4N2O/c17-14-7-2-1-5-12(14)10-22-15(23)21-9-11-4-3-6-13(8-11)16(18,19)20/h1-8H,9-10H2,(H2,21,22,23). The van der Waals surface area contributed by atoms with Gasteiger partial charge >= 0.3 is 12.2 Å². The molecular weight excluding hydrogens is 312 g/mol. The summed E-state index contributed by atoms with van der Waals surface area (Å²) in [5, 5.41) is 4.87. The molecule has 2 rings (SSSR count). The monoisotopic (exact) mass is 326 g/mol. The molecule has 0 spiro atoms. The van der Waals surface area contributed by atoms with E-state index in [0.717, 1.165) is 12.1 Å². The lowest BCUT2D eigenvalue weighted by atomic mass is 10.1. The van der Waals surface area contributed by atoms with E-state index in [1.807, 2.05) is 0 Å². The first kappa shape index (κ1) is 16.8. The highest BCUT2D eigenvalue weighted by molar-refractivity contribution is 5.73. The Morgan fingerprint density at radius 2 is 1.65 bits per heavy atom. The third-order valence-electron chi connectivity index (χ3n) is 3.10. The van der Waals surface area contributed by atoms with Gasteiger partial charge in [0.05, 0.1) is 5.56 Å². The minimum atomic E-state index is -4.43. The highest BCUT2D eigenvalue weighted by Crippen LogP contribution is 2.29. The summed E-state index contributed by atoms with van der Waals surface area (Å²) in [5.74, 6) is -0.439. The molecule has 0 aliphatic carbocycles. The summed E-state index contributed by atoms with van der Waals surface area (Å²) < 4.78 is 51.1. The molecule has 2 aromatic carbocycles. The van der Waals surface area contributed by atoms with E-state index in [9.17, 15) is 22.4 Å². The number of urea groups is 1. The largest absolute Gasteiger partial charge is 0.416 e. The van der Waals surface area contributed by atoms with Crippen molar-refractivity contribution in [1.82, 2.24) is 10.6 Å². The molecule has 0 unspecified atom stereocenters. The molecule has 3 nitrogen and oxygen atoms in total. The molecule has 0 saturated heterocycles. The fourth-order valence-electron chi connectivity index (χ4n) is 1.92. The van der Waals surface area contributed by atoms with Crippen molar-refractivity contribution in [3.63, 3.8) is 0 Å². The minimum Gasteiger partial charge on any atom is -0.334 e. The summed E-state index contributed by atoms with van der Waals surface area (Å²) in [6, 6.07) is 10.1. The van der Waals surface area contributed by atoms with Gasteiger partial charge in [0.25, 0.3) is 0 Å². The predicted molar refractivity (Wildman–Crippen MR) is 76.9 cm³/mol. The zero-order chi connectivity index (χ0) is 16.9. The highest BCUT2D eigenvalue weighted by atomic mass is 19.4. The molecule has 0 atom stereocenters. The predicted octanol–water partition coefficient (Wildman–Crippen LogP) is 3.84. The maximum Gasteiger partial charge on any atom is 0.416 e. The number of amides is 2. The number of alkyl halides is 3. The number of benzene rings is 2. The summed E-state index contributed by atoms with van der Waals surface area (Å²) in [7, 11) is 0. The van der Waals surface area contributed by atoms with E-state index in [0.29, 0.717) is 11.1 Å². The van der Waals surface area contributed by atoms with Crippen LogP contribution in [0.3, 0.4) is 0 Å². The van der Waals surface area contributed by atoms with Gasteiger partial charge in [-0.3, -0.25) is 0 Å². The molecule has 23 heavy (non-hydrogen) atoms. The van der Waals surface area contributed by atoms with Gasteiger partial charge in [0.1, 0.15) is 5.82 Å². The Morgan fingerprint density at radius 1 is 0.957 bits per heavy atom. The van der Waals surface area contributed by atoms with Gasteiger partial charge in [0, 0.05) is 18.7 Å². The molecule has 0 aliphatic heterocycles. The maximum atomic E-state index is 13.4. The van der Waals surface area contributed by atoms with Crippen LogP contribution in [0.2, 0.25) is 0 Å². The maximum absolute atomic E-state index is 13.4. The van der Waals surface area contributed by atoms with E-state index in [1.54, 1.807) is 6.07 Å². The zero-order valence-corrected chi connectivity index (χ0v) is 12.0. The van der Waals surface area contributed by atoms with Crippen LogP contribution in [0.4, 0.5) is 22.4 Å². The van der Waals surface area contributed by atoms with E-state index >= 15 is 0 Å². The Bertz CT molecular complexity index is 686. The molecule has 0 aromatic heterocycles. The number of carbonyl (C=O) groups excluding carboxylic acids is 1. The van der Waals surface area contributed by atoms with Crippen LogP contribution in [0, 0.1) is 5.82 Å². The van der Waals surface area contributed by atoms with Crippen LogP contribution < -0.4 is 10.6 Å². The lowest BCUT2D eigenvalue weighted by molar-refractivity contribution is -0.137. The summed E-state index contributed by atoms with van der Waals surface area (Å²) in [4.78, 5) is 11.6. The van der Waals surface area contributed by atoms with Crippen LogP contribution in [0.25, 0.3) is 0 Å². The summed E-state index contributed by atoms with van der Waals surface area (Å²) in [6.45, 7) is -0.0753. The first-order valence-electron chi connectivity index (χ1n) is 6.77. The number of carbonyl (C=O) groups is 1. The van der Waals surface area contributed by atoms with Crippen LogP contribution in [-0.2, 0) is 19.3 Å². The zero-order valence-electron chi connectivity index (χ0n) is 12.0. The second-order valence-corrected chi connectivity index (χ2v) is 4.83. The van der Waals surface area contributed by atoms with Gasteiger partial charge in [0.15, 0.2) is 0 Å². The quantitative estimate of drug-likeness (QED) is 0.824. The molecule has 0 radical (unpaired) electrons. The number of rotatable bonds is 4. The second-order valence-electron chi connectivity index (χ2n) is 4.83. The average Bonchev–Trinajstić information content (AvgIpc) is 2.51. The third-order valence-corrected chi connectivity index (χ3v) is 3.10. The lowest BCUT2D eigenvalue weighted by Crippen LogP contribution is -2.34. The summed E-state index contributed by atoms with van der Waals surface area (Å²) in [6.07, 6.45) is -4.43. The Kier molecular flexibility index (Phi) is 5.20. The highest BCUT2D eigenvalue weighted by Gasteiger charge is 2.30. The van der Waals surface area contributed by atoms with E-state index < -0.39 is 23.6 Å². The van der Waals surface area contributed by atoms with Crippen molar-refractivity contribution in [3.8, 4) is 0 Å². The van der Waals surface area contributed by atoms with E-state index in [-0.39, 0.29) is 13.1 Å². The Hall–Kier alpha value is -2.57. The summed E-state index contributed by atoms with van der Waals surface area (Å²) in [5.41, 5.74) is -0.133. The van der Waals surface area contributed by atoms with Crippen LogP contribution >= 0.6 is 0 Å². The molecule has 2 N–H and O–H groups in total. The Balaban J connectivity index is 1.86. The van der Waals surface area contributed by atoms with Crippen molar-refractivity contribution in [2.45, 2.75) is 19.3 Å². The first-order valence-corrected chi connectivity index (χ1v) is 6.77. The molecular formula is C16H14F4N2O. The molecule has 0 aliphatic rings. The van der Waals surface area contributed by atoms with Crippen molar-refractivity contribution < 1.29 is 22.4 Å². The second kappa shape index (κ2) is 7.13. The van der Waals surface area contributed by atoms with Crippen molar-refractivity contribution in [3.05, 3.63) is 71.0 Å². The minimum absolute atomic E-state index is 0.0128. The molecule has 2 aromatic rings. The third kappa shape index (κ3) is 4.98. The lowest BCUT2D eigenvalue weighted by Gasteiger charge is -2.10. The number of halogens is 4. The molecule has 7 heteroatoms. The average molecular weight is 326 g/mol. The molecule has 122 valence electrons. The SMILES string of the molecule is O=C(NCc1cccc(C(F)(F)F)c1)NCc1ccccc1F. The van der Waals surface area contributed by atoms with Gasteiger partial charge < -0.3 is 10.6 Å². The number of nitrogens with one attached hydrogen (secondary N) is 2. The van der Waals surface area contributed by atoms with Gasteiger partial charge in [-0.05, 0) is 23.8 Å². The van der Waals surface area contributed by atoms with Crippen LogP contribution in [0.1, 0.15) is 16.7 Å². The van der Waals surface area contributed by atoms with Gasteiger partial charge in [-0.15, -0.1) is 0 Å². The topological polar surface area (TPSA) is 41.1 Å². The van der Waals surface area contributed by atoms with Crippen molar-refractivity contribution >= 4 is 6.03 Å². The van der Waals surface area contributed by atoms with Crippen LogP contribution in [0.15, 0.2) is 48.5 Å². The van der Waals surface area contributed by atoms with E-state index in [2.05, 4.69) is 10.6 Å². The van der Waals surface area contributed by atoms with Crippen LogP contribution in [-0.4, -0.2) is 6.03 Å². The van der Waals surface area contributed by atoms with Gasteiger partial charge in [-0.2, -0.15) is 13.2 Å². The summed E-state index contributed by atoms with van der Waals surface area (Å²) >= 11 is 0.